The Kier molecular flexibility index (Phi) is 6.83. The first kappa shape index (κ1) is 16.0. The molecule has 2 rings (SSSR count). The van der Waals surface area contributed by atoms with E-state index < -0.39 is 0 Å². The molecule has 0 unspecified atom stereocenters. The summed E-state index contributed by atoms with van der Waals surface area (Å²) in [4.78, 5) is 0. The van der Waals surface area contributed by atoms with Crippen molar-refractivity contribution in [2.75, 3.05) is 0 Å². The van der Waals surface area contributed by atoms with Gasteiger partial charge in [-0.2, -0.15) is 5.26 Å². The molecule has 0 spiro atoms. The van der Waals surface area contributed by atoms with E-state index in [1.54, 1.807) is 24.5 Å². The highest BCUT2D eigenvalue weighted by Crippen LogP contribution is 2.15. The Balaban J connectivity index is 0.000000677. The van der Waals surface area contributed by atoms with E-state index in [9.17, 15) is 0 Å². The van der Waals surface area contributed by atoms with Gasteiger partial charge in [0.15, 0.2) is 0 Å². The summed E-state index contributed by atoms with van der Waals surface area (Å²) in [5, 5.41) is 17.1. The molecule has 104 valence electrons. The van der Waals surface area contributed by atoms with E-state index in [2.05, 4.69) is 12.6 Å². The fraction of sp³-hybridized carbons (Fsp3) is 0.111. The first-order chi connectivity index (χ1) is 10.2. The Morgan fingerprint density at radius 3 is 1.90 bits per heavy atom. The van der Waals surface area contributed by atoms with E-state index in [4.69, 9.17) is 15.3 Å². The van der Waals surface area contributed by atoms with Gasteiger partial charge in [0, 0.05) is 0 Å². The zero-order chi connectivity index (χ0) is 15.5. The number of ether oxygens (including phenoxy) is 1. The Morgan fingerprint density at radius 1 is 1.00 bits per heavy atom. The van der Waals surface area contributed by atoms with E-state index in [0.29, 0.717) is 11.3 Å². The minimum atomic E-state index is 0.543. The first-order valence-electron chi connectivity index (χ1n) is 6.44. The summed E-state index contributed by atoms with van der Waals surface area (Å²) in [6, 6.07) is 17.0. The summed E-state index contributed by atoms with van der Waals surface area (Å²) in [7, 11) is 0. The normalized spacial score (nSPS) is 8.52. The molecular weight excluding hydrogens is 260 g/mol. The van der Waals surface area contributed by atoms with Crippen molar-refractivity contribution >= 4 is 0 Å². The van der Waals surface area contributed by atoms with Crippen LogP contribution in [0.3, 0.4) is 0 Å². The van der Waals surface area contributed by atoms with E-state index >= 15 is 0 Å². The molecule has 2 aromatic rings. The van der Waals surface area contributed by atoms with Crippen LogP contribution in [0.5, 0.6) is 5.75 Å². The smallest absolute Gasteiger partial charge is 0.292 e. The van der Waals surface area contributed by atoms with Gasteiger partial charge in [-0.05, 0) is 48.7 Å². The van der Waals surface area contributed by atoms with Gasteiger partial charge in [-0.1, -0.05) is 30.3 Å². The third-order valence-electron chi connectivity index (χ3n) is 2.58. The Hall–Kier alpha value is -3.04. The number of rotatable bonds is 3. The molecule has 0 atom stereocenters. The van der Waals surface area contributed by atoms with Gasteiger partial charge in [-0.25, -0.2) is 0 Å². The van der Waals surface area contributed by atoms with Crippen LogP contribution in [0.15, 0.2) is 61.2 Å². The maximum absolute atomic E-state index is 8.71. The van der Waals surface area contributed by atoms with Gasteiger partial charge < -0.3 is 4.74 Å². The van der Waals surface area contributed by atoms with Crippen LogP contribution in [0, 0.1) is 22.8 Å². The molecular formula is C18H16N2O. The maximum Gasteiger partial charge on any atom is 0.292 e. The van der Waals surface area contributed by atoms with Crippen LogP contribution in [0.1, 0.15) is 23.6 Å². The lowest BCUT2D eigenvalue weighted by Gasteiger charge is -2.03. The van der Waals surface area contributed by atoms with E-state index in [0.717, 1.165) is 17.5 Å². The summed E-state index contributed by atoms with van der Waals surface area (Å²) < 4.78 is 4.71. The van der Waals surface area contributed by atoms with Crippen LogP contribution < -0.4 is 4.74 Å². The number of hydrogen-bond acceptors (Lipinski definition) is 3. The van der Waals surface area contributed by atoms with Gasteiger partial charge in [0.2, 0.25) is 0 Å². The van der Waals surface area contributed by atoms with Crippen molar-refractivity contribution in [3.05, 3.63) is 77.9 Å². The third kappa shape index (κ3) is 5.63. The molecule has 2 aromatic carbocycles. The summed E-state index contributed by atoms with van der Waals surface area (Å²) in [5.74, 6) is 0.543. The van der Waals surface area contributed by atoms with Crippen LogP contribution in [0.25, 0.3) is 0 Å². The largest absolute Gasteiger partial charge is 0.388 e. The molecule has 0 aliphatic heterocycles. The first-order valence-corrected chi connectivity index (χ1v) is 6.44. The second-order valence-corrected chi connectivity index (χ2v) is 4.23. The molecule has 0 fully saturated rings. The minimum absolute atomic E-state index is 0.543. The molecule has 0 N–H and O–H groups in total. The lowest BCUT2D eigenvalue weighted by atomic mass is 10.0. The second kappa shape index (κ2) is 8.96. The van der Waals surface area contributed by atoms with Crippen molar-refractivity contribution in [1.29, 1.82) is 10.5 Å². The van der Waals surface area contributed by atoms with Crippen LogP contribution in [-0.4, -0.2) is 0 Å². The molecule has 0 saturated heterocycles. The van der Waals surface area contributed by atoms with E-state index in [-0.39, 0.29) is 0 Å². The minimum Gasteiger partial charge on any atom is -0.388 e. The zero-order valence-corrected chi connectivity index (χ0v) is 11.9. The van der Waals surface area contributed by atoms with Crippen molar-refractivity contribution in [2.24, 2.45) is 0 Å². The highest BCUT2D eigenvalue weighted by atomic mass is 16.5. The second-order valence-electron chi connectivity index (χ2n) is 4.23. The van der Waals surface area contributed by atoms with Gasteiger partial charge >= 0.3 is 0 Å². The Bertz CT molecular complexity index is 644. The molecule has 0 heterocycles. The fourth-order valence-electron chi connectivity index (χ4n) is 1.66. The molecule has 21 heavy (non-hydrogen) atoms. The summed E-state index contributed by atoms with van der Waals surface area (Å²) >= 11 is 0. The SMILES string of the molecule is C=CC.N#COc1ccc(Cc2ccc(C#N)cc2)cc1. The lowest BCUT2D eigenvalue weighted by molar-refractivity contribution is 0.507. The van der Waals surface area contributed by atoms with Gasteiger partial charge in [0.1, 0.15) is 5.75 Å². The van der Waals surface area contributed by atoms with Crippen molar-refractivity contribution in [1.82, 2.24) is 0 Å². The molecule has 0 amide bonds. The van der Waals surface area contributed by atoms with E-state index in [1.807, 2.05) is 43.3 Å². The molecule has 0 aliphatic carbocycles. The zero-order valence-electron chi connectivity index (χ0n) is 11.9. The molecule has 0 aliphatic rings. The topological polar surface area (TPSA) is 56.8 Å². The van der Waals surface area contributed by atoms with Crippen molar-refractivity contribution < 1.29 is 4.74 Å². The van der Waals surface area contributed by atoms with Crippen LogP contribution >= 0.6 is 0 Å². The average Bonchev–Trinajstić information content (AvgIpc) is 2.51. The number of nitrogens with zero attached hydrogens (tertiary/aromatic N) is 2. The number of benzene rings is 2. The molecule has 3 nitrogen and oxygen atoms in total. The predicted octanol–water partition coefficient (Wildman–Crippen LogP) is 4.20. The van der Waals surface area contributed by atoms with Crippen LogP contribution in [0.2, 0.25) is 0 Å². The quantitative estimate of drug-likeness (QED) is 0.623. The predicted molar refractivity (Wildman–Crippen MR) is 82.5 cm³/mol. The highest BCUT2D eigenvalue weighted by Gasteiger charge is 1.98. The van der Waals surface area contributed by atoms with Crippen molar-refractivity contribution in [3.8, 4) is 18.1 Å². The number of hydrogen-bond donors (Lipinski definition) is 0. The van der Waals surface area contributed by atoms with Gasteiger partial charge in [-0.3, -0.25) is 0 Å². The highest BCUT2D eigenvalue weighted by molar-refractivity contribution is 5.35. The monoisotopic (exact) mass is 276 g/mol. The fourth-order valence-corrected chi connectivity index (χ4v) is 1.66. The summed E-state index contributed by atoms with van der Waals surface area (Å²) in [6.07, 6.45) is 4.18. The van der Waals surface area contributed by atoms with E-state index in [1.165, 1.54) is 0 Å². The third-order valence-corrected chi connectivity index (χ3v) is 2.58. The lowest BCUT2D eigenvalue weighted by Crippen LogP contribution is -1.89. The van der Waals surface area contributed by atoms with Gasteiger partial charge in [-0.15, -0.1) is 11.8 Å². The Morgan fingerprint density at radius 2 is 1.48 bits per heavy atom. The molecule has 0 aromatic heterocycles. The Labute approximate surface area is 125 Å². The van der Waals surface area contributed by atoms with Crippen LogP contribution in [-0.2, 0) is 6.42 Å². The average molecular weight is 276 g/mol. The summed E-state index contributed by atoms with van der Waals surface area (Å²) in [5.41, 5.74) is 2.93. The van der Waals surface area contributed by atoms with Crippen molar-refractivity contribution in [3.63, 3.8) is 0 Å². The van der Waals surface area contributed by atoms with Gasteiger partial charge in [0.25, 0.3) is 6.26 Å². The number of nitriles is 2. The molecule has 0 radical (unpaired) electrons. The molecule has 0 bridgehead atoms. The van der Waals surface area contributed by atoms with Crippen LogP contribution in [0.4, 0.5) is 0 Å². The van der Waals surface area contributed by atoms with Crippen molar-refractivity contribution in [2.45, 2.75) is 13.3 Å². The standard InChI is InChI=1S/C15H10N2O.C3H6/c16-10-14-3-1-12(2-4-14)9-13-5-7-15(8-6-13)18-11-17;1-3-2/h1-8H,9H2;3H,1H2,2H3. The van der Waals surface area contributed by atoms with Gasteiger partial charge in [0.05, 0.1) is 11.6 Å². The maximum atomic E-state index is 8.71. The molecule has 3 heteroatoms. The molecule has 0 saturated carbocycles. The summed E-state index contributed by atoms with van der Waals surface area (Å²) in [6.45, 7) is 5.25. The number of allylic oxidation sites excluding steroid dienone is 1.